The largest absolute Gasteiger partial charge is 0.286 e. The highest BCUT2D eigenvalue weighted by Crippen LogP contribution is 2.24. The van der Waals surface area contributed by atoms with Crippen molar-refractivity contribution in [3.8, 4) is 16.3 Å². The quantitative estimate of drug-likeness (QED) is 0.782. The van der Waals surface area contributed by atoms with E-state index >= 15 is 0 Å². The fraction of sp³-hybridized carbons (Fsp3) is 0. The fourth-order valence-electron chi connectivity index (χ4n) is 1.55. The summed E-state index contributed by atoms with van der Waals surface area (Å²) in [5.74, 6) is 0.196. The molecule has 0 aliphatic rings. The maximum absolute atomic E-state index is 11.7. The van der Waals surface area contributed by atoms with Gasteiger partial charge in [0.2, 0.25) is 11.2 Å². The summed E-state index contributed by atoms with van der Waals surface area (Å²) in [5.41, 5.74) is 0.667. The van der Waals surface area contributed by atoms with Gasteiger partial charge in [-0.15, -0.1) is 11.3 Å². The number of aromatic amines is 1. The number of nitrogens with one attached hydrogen (secondary N) is 1. The lowest BCUT2D eigenvalue weighted by Crippen LogP contribution is -2.14. The van der Waals surface area contributed by atoms with Crippen molar-refractivity contribution in [3.05, 3.63) is 51.3 Å². The molecule has 1 N–H and O–H groups in total. The van der Waals surface area contributed by atoms with Crippen LogP contribution in [-0.4, -0.2) is 20.0 Å². The summed E-state index contributed by atoms with van der Waals surface area (Å²) in [5, 5.41) is 12.7. The smallest absolute Gasteiger partial charge is 0.227 e. The zero-order valence-electron chi connectivity index (χ0n) is 9.00. The third-order valence-electron chi connectivity index (χ3n) is 2.35. The Balaban J connectivity index is 2.06. The number of halogens is 1. The van der Waals surface area contributed by atoms with Gasteiger partial charge in [0.15, 0.2) is 0 Å². The number of nitrogens with zero attached hydrogens (tertiary/aromatic N) is 3. The second-order valence-corrected chi connectivity index (χ2v) is 4.91. The number of H-pyrrole nitrogens is 1. The highest BCUT2D eigenvalue weighted by atomic mass is 35.5. The number of thiophene rings is 1. The van der Waals surface area contributed by atoms with Gasteiger partial charge in [0, 0.05) is 22.7 Å². The van der Waals surface area contributed by atoms with E-state index in [4.69, 9.17) is 11.6 Å². The zero-order valence-corrected chi connectivity index (χ0v) is 10.6. The van der Waals surface area contributed by atoms with Gasteiger partial charge in [-0.25, -0.2) is 4.68 Å². The van der Waals surface area contributed by atoms with Crippen LogP contribution in [0.15, 0.2) is 40.8 Å². The molecule has 3 rings (SSSR count). The van der Waals surface area contributed by atoms with Crippen molar-refractivity contribution in [2.45, 2.75) is 0 Å². The van der Waals surface area contributed by atoms with E-state index in [9.17, 15) is 4.79 Å². The van der Waals surface area contributed by atoms with Crippen molar-refractivity contribution in [1.82, 2.24) is 20.0 Å². The molecule has 0 unspecified atom stereocenters. The maximum atomic E-state index is 11.7. The Bertz CT molecular complexity index is 732. The minimum atomic E-state index is -0.278. The molecule has 3 aromatic rings. The molecular formula is C11H7ClN4OS. The highest BCUT2D eigenvalue weighted by molar-refractivity contribution is 7.13. The van der Waals surface area contributed by atoms with Gasteiger partial charge in [-0.3, -0.25) is 9.89 Å². The van der Waals surface area contributed by atoms with Crippen molar-refractivity contribution in [2.75, 3.05) is 0 Å². The Morgan fingerprint density at radius 2 is 2.33 bits per heavy atom. The third kappa shape index (κ3) is 1.96. The first-order valence-corrected chi connectivity index (χ1v) is 6.34. The average molecular weight is 279 g/mol. The third-order valence-corrected chi connectivity index (χ3v) is 3.46. The molecule has 3 aromatic heterocycles. The van der Waals surface area contributed by atoms with Crippen molar-refractivity contribution >= 4 is 22.9 Å². The summed E-state index contributed by atoms with van der Waals surface area (Å²) in [6.07, 6.45) is 3.46. The molecule has 0 aliphatic heterocycles. The van der Waals surface area contributed by atoms with E-state index in [1.165, 1.54) is 10.7 Å². The van der Waals surface area contributed by atoms with Gasteiger partial charge in [-0.05, 0) is 11.4 Å². The van der Waals surface area contributed by atoms with Crippen molar-refractivity contribution < 1.29 is 0 Å². The molecule has 0 aliphatic carbocycles. The minimum absolute atomic E-state index is 0.196. The number of aromatic nitrogens is 4. The lowest BCUT2D eigenvalue weighted by atomic mass is 10.3. The molecule has 0 amide bonds. The summed E-state index contributed by atoms with van der Waals surface area (Å²) in [4.78, 5) is 12.8. The number of hydrogen-bond acceptors (Lipinski definition) is 4. The second-order valence-electron chi connectivity index (χ2n) is 3.55. The second kappa shape index (κ2) is 4.40. The van der Waals surface area contributed by atoms with Crippen LogP contribution in [0.5, 0.6) is 0 Å². The molecule has 18 heavy (non-hydrogen) atoms. The summed E-state index contributed by atoms with van der Waals surface area (Å²) < 4.78 is 1.43. The molecule has 0 bridgehead atoms. The molecule has 90 valence electrons. The molecule has 5 nitrogen and oxygen atoms in total. The Kier molecular flexibility index (Phi) is 2.73. The molecule has 0 aromatic carbocycles. The van der Waals surface area contributed by atoms with Gasteiger partial charge in [-0.2, -0.15) is 10.2 Å². The van der Waals surface area contributed by atoms with Crippen LogP contribution in [0.1, 0.15) is 0 Å². The lowest BCUT2D eigenvalue weighted by Gasteiger charge is -1.97. The predicted molar refractivity (Wildman–Crippen MR) is 70.3 cm³/mol. The molecule has 0 radical (unpaired) electrons. The van der Waals surface area contributed by atoms with E-state index in [0.29, 0.717) is 0 Å². The zero-order chi connectivity index (χ0) is 12.5. The summed E-state index contributed by atoms with van der Waals surface area (Å²) >= 11 is 7.26. The van der Waals surface area contributed by atoms with Crippen LogP contribution in [0.25, 0.3) is 16.3 Å². The fourth-order valence-corrected chi connectivity index (χ4v) is 2.39. The van der Waals surface area contributed by atoms with E-state index in [1.807, 2.05) is 17.5 Å². The van der Waals surface area contributed by atoms with Gasteiger partial charge >= 0.3 is 0 Å². The number of rotatable bonds is 2. The van der Waals surface area contributed by atoms with Gasteiger partial charge in [0.25, 0.3) is 0 Å². The van der Waals surface area contributed by atoms with Crippen molar-refractivity contribution in [2.24, 2.45) is 0 Å². The van der Waals surface area contributed by atoms with Crippen LogP contribution in [0.3, 0.4) is 0 Å². The molecule has 0 spiro atoms. The first-order chi connectivity index (χ1) is 8.74. The van der Waals surface area contributed by atoms with Crippen LogP contribution in [0.4, 0.5) is 0 Å². The highest BCUT2D eigenvalue weighted by Gasteiger charge is 2.08. The average Bonchev–Trinajstić information content (AvgIpc) is 2.99. The molecule has 0 saturated carbocycles. The maximum Gasteiger partial charge on any atom is 0.227 e. The predicted octanol–water partition coefficient (Wildman–Crippen LogP) is 2.34. The summed E-state index contributed by atoms with van der Waals surface area (Å²) in [6, 6.07) is 5.23. The Hall–Kier alpha value is -1.92. The van der Waals surface area contributed by atoms with E-state index in [2.05, 4.69) is 15.3 Å². The SMILES string of the molecule is O=c1cc(Cl)[nH]nc1-n1cc(-c2cccs2)cn1. The molecule has 0 atom stereocenters. The normalized spacial score (nSPS) is 10.7. The van der Waals surface area contributed by atoms with Crippen molar-refractivity contribution in [3.63, 3.8) is 0 Å². The Morgan fingerprint density at radius 1 is 1.44 bits per heavy atom. The van der Waals surface area contributed by atoms with Crippen LogP contribution >= 0.6 is 22.9 Å². The molecular weight excluding hydrogens is 272 g/mol. The first kappa shape index (κ1) is 11.2. The standard InChI is InChI=1S/C11H7ClN4OS/c12-10-4-8(17)11(15-14-10)16-6-7(5-13-16)9-2-1-3-18-9/h1-6H,(H,14,17). The first-order valence-electron chi connectivity index (χ1n) is 5.08. The van der Waals surface area contributed by atoms with Gasteiger partial charge in [0.05, 0.1) is 6.20 Å². The topological polar surface area (TPSA) is 63.6 Å². The summed E-state index contributed by atoms with van der Waals surface area (Å²) in [6.45, 7) is 0. The summed E-state index contributed by atoms with van der Waals surface area (Å²) in [7, 11) is 0. The van der Waals surface area contributed by atoms with E-state index < -0.39 is 0 Å². The van der Waals surface area contributed by atoms with E-state index in [0.717, 1.165) is 10.4 Å². The lowest BCUT2D eigenvalue weighted by molar-refractivity contribution is 0.805. The van der Waals surface area contributed by atoms with Gasteiger partial charge in [0.1, 0.15) is 5.15 Å². The minimum Gasteiger partial charge on any atom is -0.286 e. The molecule has 0 saturated heterocycles. The molecule has 0 fully saturated rings. The molecule has 3 heterocycles. The monoisotopic (exact) mass is 278 g/mol. The Labute approximate surface area is 111 Å². The number of hydrogen-bond donors (Lipinski definition) is 1. The van der Waals surface area contributed by atoms with Crippen LogP contribution in [-0.2, 0) is 0 Å². The van der Waals surface area contributed by atoms with Crippen LogP contribution < -0.4 is 5.43 Å². The van der Waals surface area contributed by atoms with E-state index in [-0.39, 0.29) is 16.4 Å². The van der Waals surface area contributed by atoms with Gasteiger partial charge in [-0.1, -0.05) is 17.7 Å². The van der Waals surface area contributed by atoms with Gasteiger partial charge < -0.3 is 0 Å². The van der Waals surface area contributed by atoms with Crippen LogP contribution in [0.2, 0.25) is 5.15 Å². The molecule has 7 heteroatoms. The van der Waals surface area contributed by atoms with Crippen LogP contribution in [0, 0.1) is 0 Å². The van der Waals surface area contributed by atoms with E-state index in [1.54, 1.807) is 23.7 Å². The Morgan fingerprint density at radius 3 is 3.06 bits per heavy atom. The van der Waals surface area contributed by atoms with Crippen molar-refractivity contribution in [1.29, 1.82) is 0 Å².